The van der Waals surface area contributed by atoms with Crippen molar-refractivity contribution in [3.05, 3.63) is 58.1 Å². The quantitative estimate of drug-likeness (QED) is 0.889. The van der Waals surface area contributed by atoms with E-state index in [1.54, 1.807) is 42.5 Å². The topological polar surface area (TPSA) is 58.2 Å². The standard InChI is InChI=1S/C15H12Cl2N2O2/c1-9(20)18-11-4-2-3-10(7-11)15(21)19-12-5-6-13(16)14(17)8-12/h2-8H,1H3,(H,18,20)(H,19,21). The molecule has 0 radical (unpaired) electrons. The molecule has 0 aliphatic heterocycles. The summed E-state index contributed by atoms with van der Waals surface area (Å²) in [5.41, 5.74) is 1.52. The third-order valence-corrected chi connectivity index (χ3v) is 3.36. The van der Waals surface area contributed by atoms with Gasteiger partial charge in [0.2, 0.25) is 5.91 Å². The highest BCUT2D eigenvalue weighted by Gasteiger charge is 2.08. The van der Waals surface area contributed by atoms with Gasteiger partial charge in [-0.05, 0) is 36.4 Å². The summed E-state index contributed by atoms with van der Waals surface area (Å²) in [6, 6.07) is 11.5. The second kappa shape index (κ2) is 6.61. The molecule has 0 bridgehead atoms. The summed E-state index contributed by atoms with van der Waals surface area (Å²) < 4.78 is 0. The third-order valence-electron chi connectivity index (χ3n) is 2.62. The molecule has 0 aromatic heterocycles. The van der Waals surface area contributed by atoms with E-state index in [0.717, 1.165) is 0 Å². The Morgan fingerprint density at radius 2 is 1.62 bits per heavy atom. The molecule has 2 amide bonds. The van der Waals surface area contributed by atoms with Gasteiger partial charge in [-0.25, -0.2) is 0 Å². The minimum Gasteiger partial charge on any atom is -0.326 e. The number of halogens is 2. The molecule has 0 saturated carbocycles. The summed E-state index contributed by atoms with van der Waals surface area (Å²) in [6.45, 7) is 1.41. The van der Waals surface area contributed by atoms with Crippen LogP contribution in [-0.4, -0.2) is 11.8 Å². The lowest BCUT2D eigenvalue weighted by Crippen LogP contribution is -2.13. The van der Waals surface area contributed by atoms with Crippen LogP contribution in [0.4, 0.5) is 11.4 Å². The van der Waals surface area contributed by atoms with Gasteiger partial charge in [-0.15, -0.1) is 0 Å². The molecule has 4 nitrogen and oxygen atoms in total. The molecule has 108 valence electrons. The second-order valence-electron chi connectivity index (χ2n) is 4.35. The van der Waals surface area contributed by atoms with E-state index < -0.39 is 0 Å². The molecule has 21 heavy (non-hydrogen) atoms. The summed E-state index contributed by atoms with van der Waals surface area (Å²) >= 11 is 11.7. The summed E-state index contributed by atoms with van der Waals surface area (Å²) in [4.78, 5) is 23.2. The van der Waals surface area contributed by atoms with E-state index in [-0.39, 0.29) is 11.8 Å². The van der Waals surface area contributed by atoms with Crippen LogP contribution in [0.2, 0.25) is 10.0 Å². The number of hydrogen-bond acceptors (Lipinski definition) is 2. The van der Waals surface area contributed by atoms with E-state index >= 15 is 0 Å². The van der Waals surface area contributed by atoms with E-state index in [0.29, 0.717) is 27.0 Å². The highest BCUT2D eigenvalue weighted by molar-refractivity contribution is 6.42. The molecule has 2 aromatic rings. The van der Waals surface area contributed by atoms with Crippen molar-refractivity contribution >= 4 is 46.4 Å². The fourth-order valence-corrected chi connectivity index (χ4v) is 2.02. The van der Waals surface area contributed by atoms with E-state index in [4.69, 9.17) is 23.2 Å². The van der Waals surface area contributed by atoms with E-state index in [2.05, 4.69) is 10.6 Å². The fourth-order valence-electron chi connectivity index (χ4n) is 1.72. The highest BCUT2D eigenvalue weighted by atomic mass is 35.5. The van der Waals surface area contributed by atoms with E-state index in [1.165, 1.54) is 6.92 Å². The fraction of sp³-hybridized carbons (Fsp3) is 0.0667. The lowest BCUT2D eigenvalue weighted by Gasteiger charge is -2.08. The largest absolute Gasteiger partial charge is 0.326 e. The third kappa shape index (κ3) is 4.21. The van der Waals surface area contributed by atoms with Gasteiger partial charge >= 0.3 is 0 Å². The van der Waals surface area contributed by atoms with Crippen LogP contribution >= 0.6 is 23.2 Å². The SMILES string of the molecule is CC(=O)Nc1cccc(C(=O)Nc2ccc(Cl)c(Cl)c2)c1. The Morgan fingerprint density at radius 3 is 2.29 bits per heavy atom. The Bertz CT molecular complexity index is 702. The average Bonchev–Trinajstić information content (AvgIpc) is 2.42. The molecule has 0 saturated heterocycles. The van der Waals surface area contributed by atoms with Crippen molar-refractivity contribution in [2.24, 2.45) is 0 Å². The lowest BCUT2D eigenvalue weighted by atomic mass is 10.2. The Balaban J connectivity index is 2.16. The Kier molecular flexibility index (Phi) is 4.83. The predicted molar refractivity (Wildman–Crippen MR) is 85.2 cm³/mol. The molecular weight excluding hydrogens is 311 g/mol. The molecule has 6 heteroatoms. The van der Waals surface area contributed by atoms with Gasteiger partial charge < -0.3 is 10.6 Å². The first kappa shape index (κ1) is 15.4. The lowest BCUT2D eigenvalue weighted by molar-refractivity contribution is -0.114. The number of amides is 2. The number of carbonyl (C=O) groups is 2. The zero-order valence-electron chi connectivity index (χ0n) is 11.1. The first-order chi connectivity index (χ1) is 9.95. The summed E-state index contributed by atoms with van der Waals surface area (Å²) in [7, 11) is 0. The van der Waals surface area contributed by atoms with Crippen LogP contribution in [0.25, 0.3) is 0 Å². The molecule has 2 rings (SSSR count). The van der Waals surface area contributed by atoms with Crippen molar-refractivity contribution in [2.75, 3.05) is 10.6 Å². The molecule has 0 heterocycles. The molecule has 0 fully saturated rings. The van der Waals surface area contributed by atoms with Gasteiger partial charge in [0, 0.05) is 23.9 Å². The molecule has 0 atom stereocenters. The molecule has 0 aliphatic carbocycles. The Hall–Kier alpha value is -2.04. The van der Waals surface area contributed by atoms with Gasteiger partial charge in [-0.3, -0.25) is 9.59 Å². The number of benzene rings is 2. The van der Waals surface area contributed by atoms with Gasteiger partial charge in [-0.1, -0.05) is 29.3 Å². The van der Waals surface area contributed by atoms with Crippen LogP contribution < -0.4 is 10.6 Å². The second-order valence-corrected chi connectivity index (χ2v) is 5.16. The first-order valence-electron chi connectivity index (χ1n) is 6.10. The summed E-state index contributed by atoms with van der Waals surface area (Å²) in [5.74, 6) is -0.502. The Labute approximate surface area is 132 Å². The molecule has 0 spiro atoms. The maximum atomic E-state index is 12.1. The maximum absolute atomic E-state index is 12.1. The smallest absolute Gasteiger partial charge is 0.255 e. The van der Waals surface area contributed by atoms with Gasteiger partial charge in [0.25, 0.3) is 5.91 Å². The van der Waals surface area contributed by atoms with Crippen LogP contribution in [0, 0.1) is 0 Å². The van der Waals surface area contributed by atoms with Crippen molar-refractivity contribution in [1.82, 2.24) is 0 Å². The molecular formula is C15H12Cl2N2O2. The summed E-state index contributed by atoms with van der Waals surface area (Å²) in [5, 5.41) is 6.12. The number of hydrogen-bond donors (Lipinski definition) is 2. The van der Waals surface area contributed by atoms with Crippen molar-refractivity contribution in [1.29, 1.82) is 0 Å². The van der Waals surface area contributed by atoms with Crippen LogP contribution in [-0.2, 0) is 4.79 Å². The van der Waals surface area contributed by atoms with E-state index in [9.17, 15) is 9.59 Å². The number of rotatable bonds is 3. The average molecular weight is 323 g/mol. The minimum atomic E-state index is -0.305. The number of carbonyl (C=O) groups excluding carboxylic acids is 2. The van der Waals surface area contributed by atoms with Crippen molar-refractivity contribution in [2.45, 2.75) is 6.92 Å². The van der Waals surface area contributed by atoms with Crippen molar-refractivity contribution in [3.63, 3.8) is 0 Å². The van der Waals surface area contributed by atoms with Gasteiger partial charge in [0.05, 0.1) is 10.0 Å². The first-order valence-corrected chi connectivity index (χ1v) is 6.85. The van der Waals surface area contributed by atoms with Crippen LogP contribution in [0.5, 0.6) is 0 Å². The predicted octanol–water partition coefficient (Wildman–Crippen LogP) is 4.20. The molecule has 0 unspecified atom stereocenters. The van der Waals surface area contributed by atoms with Crippen molar-refractivity contribution in [3.8, 4) is 0 Å². The van der Waals surface area contributed by atoms with Gasteiger partial charge in [0.15, 0.2) is 0 Å². The normalized spacial score (nSPS) is 10.0. The van der Waals surface area contributed by atoms with Gasteiger partial charge in [-0.2, -0.15) is 0 Å². The highest BCUT2D eigenvalue weighted by Crippen LogP contribution is 2.25. The monoisotopic (exact) mass is 322 g/mol. The summed E-state index contributed by atoms with van der Waals surface area (Å²) in [6.07, 6.45) is 0. The van der Waals surface area contributed by atoms with Crippen LogP contribution in [0.15, 0.2) is 42.5 Å². The maximum Gasteiger partial charge on any atom is 0.255 e. The number of anilines is 2. The zero-order chi connectivity index (χ0) is 15.4. The molecule has 2 aromatic carbocycles. The van der Waals surface area contributed by atoms with Crippen LogP contribution in [0.1, 0.15) is 17.3 Å². The molecule has 0 aliphatic rings. The van der Waals surface area contributed by atoms with Crippen LogP contribution in [0.3, 0.4) is 0 Å². The zero-order valence-corrected chi connectivity index (χ0v) is 12.6. The van der Waals surface area contributed by atoms with E-state index in [1.807, 2.05) is 0 Å². The molecule has 2 N–H and O–H groups in total. The van der Waals surface area contributed by atoms with Gasteiger partial charge in [0.1, 0.15) is 0 Å². The minimum absolute atomic E-state index is 0.197. The van der Waals surface area contributed by atoms with Crippen molar-refractivity contribution < 1.29 is 9.59 Å². The number of nitrogens with one attached hydrogen (secondary N) is 2. The Morgan fingerprint density at radius 1 is 0.905 bits per heavy atom.